The van der Waals surface area contributed by atoms with Gasteiger partial charge in [-0.25, -0.2) is 0 Å². The van der Waals surface area contributed by atoms with Crippen molar-refractivity contribution in [2.24, 2.45) is 0 Å². The molecular formula is C12H21N3O. The largest absolute Gasteiger partial charge is 0.339 e. The van der Waals surface area contributed by atoms with Gasteiger partial charge < -0.3 is 9.84 Å². The summed E-state index contributed by atoms with van der Waals surface area (Å²) in [6, 6.07) is 0.544. The molecule has 90 valence electrons. The minimum atomic E-state index is 0.544. The van der Waals surface area contributed by atoms with Crippen LogP contribution in [0, 0.1) is 6.92 Å². The molecule has 4 heteroatoms. The lowest BCUT2D eigenvalue weighted by molar-refractivity contribution is 0.369. The summed E-state index contributed by atoms with van der Waals surface area (Å²) in [5.41, 5.74) is 0. The van der Waals surface area contributed by atoms with Crippen LogP contribution in [0.4, 0.5) is 0 Å². The third-order valence-corrected chi connectivity index (χ3v) is 2.43. The summed E-state index contributed by atoms with van der Waals surface area (Å²) in [6.45, 7) is 8.73. The summed E-state index contributed by atoms with van der Waals surface area (Å²) in [5.74, 6) is 1.44. The molecule has 0 bridgehead atoms. The first-order chi connectivity index (χ1) is 7.72. The Labute approximate surface area is 97.1 Å². The van der Waals surface area contributed by atoms with Gasteiger partial charge in [-0.15, -0.1) is 6.58 Å². The molecule has 1 N–H and O–H groups in total. The fourth-order valence-corrected chi connectivity index (χ4v) is 1.50. The van der Waals surface area contributed by atoms with E-state index in [0.29, 0.717) is 11.9 Å². The molecular weight excluding hydrogens is 202 g/mol. The van der Waals surface area contributed by atoms with Crippen LogP contribution in [-0.4, -0.2) is 22.7 Å². The average molecular weight is 223 g/mol. The fourth-order valence-electron chi connectivity index (χ4n) is 1.50. The standard InChI is InChI=1S/C12H21N3O/c1-4-5-7-10(2)13-9-6-8-12-14-11(3)15-16-12/h4,10,13H,1,5-9H2,2-3H3. The van der Waals surface area contributed by atoms with Crippen molar-refractivity contribution >= 4 is 0 Å². The Morgan fingerprint density at radius 1 is 1.56 bits per heavy atom. The monoisotopic (exact) mass is 223 g/mol. The maximum absolute atomic E-state index is 5.03. The molecule has 0 amide bonds. The van der Waals surface area contributed by atoms with Gasteiger partial charge in [-0.1, -0.05) is 11.2 Å². The molecule has 0 aliphatic carbocycles. The third kappa shape index (κ3) is 5.07. The van der Waals surface area contributed by atoms with Crippen LogP contribution in [-0.2, 0) is 6.42 Å². The smallest absolute Gasteiger partial charge is 0.226 e. The van der Waals surface area contributed by atoms with Gasteiger partial charge in [-0.2, -0.15) is 4.98 Å². The predicted octanol–water partition coefficient (Wildman–Crippen LogP) is 2.25. The van der Waals surface area contributed by atoms with E-state index in [4.69, 9.17) is 4.52 Å². The number of hydrogen-bond donors (Lipinski definition) is 1. The van der Waals surface area contributed by atoms with Crippen LogP contribution in [0.1, 0.15) is 37.9 Å². The second-order valence-corrected chi connectivity index (χ2v) is 4.06. The van der Waals surface area contributed by atoms with E-state index in [-0.39, 0.29) is 0 Å². The first-order valence-corrected chi connectivity index (χ1v) is 5.86. The molecule has 1 atom stereocenters. The highest BCUT2D eigenvalue weighted by Crippen LogP contribution is 2.00. The maximum Gasteiger partial charge on any atom is 0.226 e. The highest BCUT2D eigenvalue weighted by Gasteiger charge is 2.03. The fraction of sp³-hybridized carbons (Fsp3) is 0.667. The van der Waals surface area contributed by atoms with Crippen LogP contribution in [0.15, 0.2) is 17.2 Å². The van der Waals surface area contributed by atoms with Gasteiger partial charge in [0.15, 0.2) is 5.82 Å². The van der Waals surface area contributed by atoms with Crippen molar-refractivity contribution in [1.82, 2.24) is 15.5 Å². The van der Waals surface area contributed by atoms with E-state index >= 15 is 0 Å². The molecule has 1 aromatic rings. The van der Waals surface area contributed by atoms with Gasteiger partial charge in [0.05, 0.1) is 0 Å². The zero-order chi connectivity index (χ0) is 11.8. The van der Waals surface area contributed by atoms with Crippen molar-refractivity contribution in [2.75, 3.05) is 6.54 Å². The van der Waals surface area contributed by atoms with Crippen LogP contribution in [0.25, 0.3) is 0 Å². The molecule has 0 radical (unpaired) electrons. The maximum atomic E-state index is 5.03. The number of aryl methyl sites for hydroxylation is 2. The molecule has 4 nitrogen and oxygen atoms in total. The van der Waals surface area contributed by atoms with Gasteiger partial charge in [0, 0.05) is 12.5 Å². The van der Waals surface area contributed by atoms with E-state index in [1.165, 1.54) is 0 Å². The van der Waals surface area contributed by atoms with Crippen LogP contribution in [0.2, 0.25) is 0 Å². The Hall–Kier alpha value is -1.16. The predicted molar refractivity (Wildman–Crippen MR) is 64.3 cm³/mol. The van der Waals surface area contributed by atoms with Gasteiger partial charge >= 0.3 is 0 Å². The third-order valence-electron chi connectivity index (χ3n) is 2.43. The Morgan fingerprint density at radius 3 is 3.00 bits per heavy atom. The minimum Gasteiger partial charge on any atom is -0.339 e. The lowest BCUT2D eigenvalue weighted by Crippen LogP contribution is -2.27. The van der Waals surface area contributed by atoms with E-state index in [1.54, 1.807) is 0 Å². The molecule has 0 aliphatic heterocycles. The van der Waals surface area contributed by atoms with Gasteiger partial charge in [-0.05, 0) is 39.7 Å². The van der Waals surface area contributed by atoms with Crippen LogP contribution in [0.5, 0.6) is 0 Å². The van der Waals surface area contributed by atoms with Gasteiger partial charge in [0.2, 0.25) is 5.89 Å². The van der Waals surface area contributed by atoms with Crippen molar-refractivity contribution in [1.29, 1.82) is 0 Å². The number of allylic oxidation sites excluding steroid dienone is 1. The average Bonchev–Trinajstić information content (AvgIpc) is 2.67. The van der Waals surface area contributed by atoms with E-state index in [2.05, 4.69) is 29.0 Å². The summed E-state index contributed by atoms with van der Waals surface area (Å²) in [7, 11) is 0. The van der Waals surface area contributed by atoms with Crippen molar-refractivity contribution in [3.05, 3.63) is 24.4 Å². The summed E-state index contributed by atoms with van der Waals surface area (Å²) < 4.78 is 5.03. The molecule has 1 unspecified atom stereocenters. The van der Waals surface area contributed by atoms with E-state index in [9.17, 15) is 0 Å². The van der Waals surface area contributed by atoms with Crippen LogP contribution < -0.4 is 5.32 Å². The Balaban J connectivity index is 2.05. The number of nitrogens with zero attached hydrogens (tertiary/aromatic N) is 2. The van der Waals surface area contributed by atoms with Gasteiger partial charge in [-0.3, -0.25) is 0 Å². The molecule has 16 heavy (non-hydrogen) atoms. The zero-order valence-corrected chi connectivity index (χ0v) is 10.2. The van der Waals surface area contributed by atoms with Gasteiger partial charge in [0.1, 0.15) is 0 Å². The Morgan fingerprint density at radius 2 is 2.38 bits per heavy atom. The summed E-state index contributed by atoms with van der Waals surface area (Å²) in [5, 5.41) is 7.21. The second kappa shape index (κ2) is 7.17. The topological polar surface area (TPSA) is 51.0 Å². The number of rotatable bonds is 8. The van der Waals surface area contributed by atoms with Gasteiger partial charge in [0.25, 0.3) is 0 Å². The minimum absolute atomic E-state index is 0.544. The highest BCUT2D eigenvalue weighted by molar-refractivity contribution is 4.82. The molecule has 1 heterocycles. The summed E-state index contributed by atoms with van der Waals surface area (Å²) in [6.07, 6.45) is 6.04. The van der Waals surface area contributed by atoms with Crippen LogP contribution in [0.3, 0.4) is 0 Å². The number of nitrogens with one attached hydrogen (secondary N) is 1. The molecule has 0 aromatic carbocycles. The molecule has 1 rings (SSSR count). The van der Waals surface area contributed by atoms with Crippen molar-refractivity contribution in [3.8, 4) is 0 Å². The van der Waals surface area contributed by atoms with Crippen molar-refractivity contribution < 1.29 is 4.52 Å². The Bertz CT molecular complexity index is 309. The quantitative estimate of drug-likeness (QED) is 0.542. The first-order valence-electron chi connectivity index (χ1n) is 5.86. The molecule has 1 aromatic heterocycles. The lowest BCUT2D eigenvalue weighted by atomic mass is 10.2. The SMILES string of the molecule is C=CCCC(C)NCCCc1nc(C)no1. The van der Waals surface area contributed by atoms with Crippen molar-refractivity contribution in [2.45, 2.75) is 45.6 Å². The second-order valence-electron chi connectivity index (χ2n) is 4.06. The number of aromatic nitrogens is 2. The van der Waals surface area contributed by atoms with Crippen LogP contribution >= 0.6 is 0 Å². The summed E-state index contributed by atoms with van der Waals surface area (Å²) >= 11 is 0. The molecule has 0 saturated heterocycles. The lowest BCUT2D eigenvalue weighted by Gasteiger charge is -2.11. The first kappa shape index (κ1) is 12.9. The summed E-state index contributed by atoms with van der Waals surface area (Å²) in [4.78, 5) is 4.16. The normalized spacial score (nSPS) is 12.6. The van der Waals surface area contributed by atoms with Crippen molar-refractivity contribution in [3.63, 3.8) is 0 Å². The number of hydrogen-bond acceptors (Lipinski definition) is 4. The highest BCUT2D eigenvalue weighted by atomic mass is 16.5. The molecule has 0 aliphatic rings. The zero-order valence-electron chi connectivity index (χ0n) is 10.2. The van der Waals surface area contributed by atoms with E-state index in [1.807, 2.05) is 13.0 Å². The Kier molecular flexibility index (Phi) is 5.78. The van der Waals surface area contributed by atoms with E-state index in [0.717, 1.165) is 38.1 Å². The molecule has 0 fully saturated rings. The molecule has 0 saturated carbocycles. The molecule has 0 spiro atoms. The van der Waals surface area contributed by atoms with E-state index < -0.39 is 0 Å².